The molecule has 4 atom stereocenters. The van der Waals surface area contributed by atoms with Crippen molar-refractivity contribution in [2.45, 2.75) is 25.2 Å². The summed E-state index contributed by atoms with van der Waals surface area (Å²) in [5.74, 6) is -0.741. The van der Waals surface area contributed by atoms with Crippen LogP contribution in [0.25, 0.3) is 0 Å². The van der Waals surface area contributed by atoms with Crippen LogP contribution in [0, 0.1) is 5.92 Å². The molecule has 5 heteroatoms. The fourth-order valence-electron chi connectivity index (χ4n) is 0.785. The van der Waals surface area contributed by atoms with E-state index in [0.29, 0.717) is 0 Å². The van der Waals surface area contributed by atoms with Crippen LogP contribution in [0.4, 0.5) is 0 Å². The Morgan fingerprint density at radius 1 is 1.33 bits per heavy atom. The Hall–Kier alpha value is -0.490. The molecule has 0 aliphatic carbocycles. The first-order valence-corrected chi connectivity index (χ1v) is 3.65. The highest BCUT2D eigenvalue weighted by Crippen LogP contribution is 2.10. The molecule has 0 fully saturated rings. The molecule has 0 aliphatic heterocycles. The highest BCUT2D eigenvalue weighted by molar-refractivity contribution is 5.56. The number of aliphatic hydroxyl groups is 4. The van der Waals surface area contributed by atoms with Crippen molar-refractivity contribution in [3.8, 4) is 0 Å². The van der Waals surface area contributed by atoms with Crippen LogP contribution in [-0.2, 0) is 4.79 Å². The van der Waals surface area contributed by atoms with E-state index in [1.165, 1.54) is 6.92 Å². The van der Waals surface area contributed by atoms with Gasteiger partial charge in [-0.15, -0.1) is 0 Å². The van der Waals surface area contributed by atoms with Gasteiger partial charge in [-0.05, 0) is 0 Å². The summed E-state index contributed by atoms with van der Waals surface area (Å²) in [7, 11) is 0. The molecule has 0 unspecified atom stereocenters. The van der Waals surface area contributed by atoms with Gasteiger partial charge in [0, 0.05) is 5.92 Å². The second kappa shape index (κ2) is 5.21. The molecule has 0 saturated carbocycles. The van der Waals surface area contributed by atoms with E-state index in [1.54, 1.807) is 0 Å². The number of rotatable bonds is 5. The zero-order valence-electron chi connectivity index (χ0n) is 6.79. The fraction of sp³-hybridized carbons (Fsp3) is 0.857. The Morgan fingerprint density at radius 3 is 2.17 bits per heavy atom. The van der Waals surface area contributed by atoms with Crippen LogP contribution in [0.3, 0.4) is 0 Å². The van der Waals surface area contributed by atoms with Gasteiger partial charge in [-0.1, -0.05) is 6.92 Å². The zero-order chi connectivity index (χ0) is 9.72. The molecule has 0 aromatic heterocycles. The molecule has 0 amide bonds. The van der Waals surface area contributed by atoms with Crippen LogP contribution in [0.1, 0.15) is 6.92 Å². The molecule has 0 radical (unpaired) electrons. The van der Waals surface area contributed by atoms with Gasteiger partial charge in [0.15, 0.2) is 6.29 Å². The first-order chi connectivity index (χ1) is 5.54. The SMILES string of the molecule is C[C@H]([C@@H](O)[C@@H](O)C=O)[C@@H](O)CO. The Kier molecular flexibility index (Phi) is 5.00. The lowest BCUT2D eigenvalue weighted by molar-refractivity contribution is -0.125. The van der Waals surface area contributed by atoms with Gasteiger partial charge in [0.25, 0.3) is 0 Å². The first-order valence-electron chi connectivity index (χ1n) is 3.65. The lowest BCUT2D eigenvalue weighted by Crippen LogP contribution is -2.40. The Bertz CT molecular complexity index is 138. The minimum Gasteiger partial charge on any atom is -0.394 e. The molecule has 12 heavy (non-hydrogen) atoms. The van der Waals surface area contributed by atoms with Gasteiger partial charge >= 0.3 is 0 Å². The van der Waals surface area contributed by atoms with E-state index in [0.717, 1.165) is 0 Å². The predicted octanol–water partition coefficient (Wildman–Crippen LogP) is -2.10. The van der Waals surface area contributed by atoms with E-state index >= 15 is 0 Å². The van der Waals surface area contributed by atoms with Gasteiger partial charge in [-0.2, -0.15) is 0 Å². The Balaban J connectivity index is 4.07. The summed E-state index contributed by atoms with van der Waals surface area (Å²) >= 11 is 0. The molecule has 0 saturated heterocycles. The molecule has 0 bridgehead atoms. The van der Waals surface area contributed by atoms with Crippen molar-refractivity contribution >= 4 is 6.29 Å². The van der Waals surface area contributed by atoms with Crippen LogP contribution in [0.2, 0.25) is 0 Å². The molecule has 0 aromatic rings. The lowest BCUT2D eigenvalue weighted by atomic mass is 9.95. The topological polar surface area (TPSA) is 98.0 Å². The molecule has 0 aliphatic rings. The van der Waals surface area contributed by atoms with E-state index in [9.17, 15) is 4.79 Å². The maximum absolute atomic E-state index is 10.0. The minimum absolute atomic E-state index is 0.186. The first kappa shape index (κ1) is 11.5. The lowest BCUT2D eigenvalue weighted by Gasteiger charge is -2.23. The second-order valence-corrected chi connectivity index (χ2v) is 2.73. The van der Waals surface area contributed by atoms with Gasteiger partial charge in [-0.25, -0.2) is 0 Å². The molecule has 4 N–H and O–H groups in total. The average Bonchev–Trinajstić information content (AvgIpc) is 2.12. The monoisotopic (exact) mass is 178 g/mol. The Labute approximate surface area is 70.3 Å². The second-order valence-electron chi connectivity index (χ2n) is 2.73. The third kappa shape index (κ3) is 2.86. The third-order valence-electron chi connectivity index (χ3n) is 1.82. The molecule has 0 spiro atoms. The molecule has 5 nitrogen and oxygen atoms in total. The van der Waals surface area contributed by atoms with E-state index < -0.39 is 30.8 Å². The van der Waals surface area contributed by atoms with Crippen molar-refractivity contribution < 1.29 is 25.2 Å². The fourth-order valence-corrected chi connectivity index (χ4v) is 0.785. The van der Waals surface area contributed by atoms with Crippen molar-refractivity contribution in [3.05, 3.63) is 0 Å². The zero-order valence-corrected chi connectivity index (χ0v) is 6.79. The standard InChI is InChI=1S/C7H14O5/c1-4(5(10)2-8)7(12)6(11)3-9/h3-8,10-12H,2H2,1H3/t4-,5-,6-,7+/m0/s1. The van der Waals surface area contributed by atoms with E-state index in [2.05, 4.69) is 0 Å². The number of aldehydes is 1. The molecule has 0 heterocycles. The van der Waals surface area contributed by atoms with Crippen molar-refractivity contribution in [1.29, 1.82) is 0 Å². The number of aliphatic hydroxyl groups excluding tert-OH is 4. The summed E-state index contributed by atoms with van der Waals surface area (Å²) in [4.78, 5) is 10.0. The van der Waals surface area contributed by atoms with Crippen LogP contribution >= 0.6 is 0 Å². The van der Waals surface area contributed by atoms with E-state index in [-0.39, 0.29) is 6.29 Å². The molecule has 0 aromatic carbocycles. The average molecular weight is 178 g/mol. The summed E-state index contributed by atoms with van der Waals surface area (Å²) in [6, 6.07) is 0. The van der Waals surface area contributed by atoms with Gasteiger partial charge in [-0.3, -0.25) is 0 Å². The van der Waals surface area contributed by atoms with Gasteiger partial charge in [0.1, 0.15) is 6.10 Å². The number of carbonyl (C=O) groups is 1. The quantitative estimate of drug-likeness (QED) is 0.361. The van der Waals surface area contributed by atoms with Crippen molar-refractivity contribution in [1.82, 2.24) is 0 Å². The van der Waals surface area contributed by atoms with Crippen LogP contribution < -0.4 is 0 Å². The highest BCUT2D eigenvalue weighted by Gasteiger charge is 2.27. The van der Waals surface area contributed by atoms with Gasteiger partial charge in [0.2, 0.25) is 0 Å². The smallest absolute Gasteiger partial charge is 0.151 e. The molecule has 0 rings (SSSR count). The molecular weight excluding hydrogens is 164 g/mol. The number of hydrogen-bond donors (Lipinski definition) is 4. The normalized spacial score (nSPS) is 21.1. The van der Waals surface area contributed by atoms with Crippen molar-refractivity contribution in [2.75, 3.05) is 6.61 Å². The van der Waals surface area contributed by atoms with Crippen LogP contribution in [-0.4, -0.2) is 51.6 Å². The van der Waals surface area contributed by atoms with E-state index in [1.807, 2.05) is 0 Å². The maximum atomic E-state index is 10.0. The molecule has 72 valence electrons. The molecular formula is C7H14O5. The largest absolute Gasteiger partial charge is 0.394 e. The third-order valence-corrected chi connectivity index (χ3v) is 1.82. The summed E-state index contributed by atoms with van der Waals surface area (Å²) < 4.78 is 0. The van der Waals surface area contributed by atoms with E-state index in [4.69, 9.17) is 20.4 Å². The maximum Gasteiger partial charge on any atom is 0.151 e. The van der Waals surface area contributed by atoms with Gasteiger partial charge < -0.3 is 25.2 Å². The summed E-state index contributed by atoms with van der Waals surface area (Å²) in [6.45, 7) is 0.919. The van der Waals surface area contributed by atoms with Crippen LogP contribution in [0.5, 0.6) is 0 Å². The Morgan fingerprint density at radius 2 is 1.83 bits per heavy atom. The van der Waals surface area contributed by atoms with Crippen LogP contribution in [0.15, 0.2) is 0 Å². The summed E-state index contributed by atoms with van der Waals surface area (Å²) in [5, 5.41) is 35.4. The van der Waals surface area contributed by atoms with Gasteiger partial charge in [0.05, 0.1) is 18.8 Å². The van der Waals surface area contributed by atoms with Crippen molar-refractivity contribution in [2.24, 2.45) is 5.92 Å². The summed E-state index contributed by atoms with van der Waals surface area (Å²) in [5.41, 5.74) is 0. The predicted molar refractivity (Wildman–Crippen MR) is 40.3 cm³/mol. The number of hydrogen-bond acceptors (Lipinski definition) is 5. The summed E-state index contributed by atoms with van der Waals surface area (Å²) in [6.07, 6.45) is -3.80. The highest BCUT2D eigenvalue weighted by atomic mass is 16.3. The number of carbonyl (C=O) groups excluding carboxylic acids is 1. The van der Waals surface area contributed by atoms with Crippen molar-refractivity contribution in [3.63, 3.8) is 0 Å². The minimum atomic E-state index is -1.51.